The third-order valence-electron chi connectivity index (χ3n) is 3.13. The molecule has 17 heavy (non-hydrogen) atoms. The molecule has 1 unspecified atom stereocenters. The molecule has 1 saturated heterocycles. The number of ether oxygens (including phenoxy) is 2. The van der Waals surface area contributed by atoms with Gasteiger partial charge in [0.05, 0.1) is 13.2 Å². The molecule has 94 valence electrons. The maximum atomic E-state index is 5.97. The van der Waals surface area contributed by atoms with Crippen LogP contribution in [-0.2, 0) is 16.1 Å². The lowest BCUT2D eigenvalue weighted by atomic mass is 9.96. The number of nitrogens with two attached hydrogens (primary N) is 1. The van der Waals surface area contributed by atoms with E-state index in [9.17, 15) is 0 Å². The second-order valence-electron chi connectivity index (χ2n) is 4.70. The Bertz CT molecular complexity index is 362. The van der Waals surface area contributed by atoms with Gasteiger partial charge in [-0.15, -0.1) is 0 Å². The van der Waals surface area contributed by atoms with Crippen molar-refractivity contribution in [1.29, 1.82) is 0 Å². The Labute approximate surface area is 102 Å². The Balaban J connectivity index is 1.95. The summed E-state index contributed by atoms with van der Waals surface area (Å²) in [5.74, 6) is 0. The Morgan fingerprint density at radius 3 is 3.06 bits per heavy atom. The summed E-state index contributed by atoms with van der Waals surface area (Å²) >= 11 is 0. The minimum absolute atomic E-state index is 0.304. The van der Waals surface area contributed by atoms with Crippen molar-refractivity contribution in [1.82, 2.24) is 4.98 Å². The summed E-state index contributed by atoms with van der Waals surface area (Å²) in [5.41, 5.74) is 7.74. The standard InChI is InChI=1S/C13H20N2O2/c1-11-5-12(7-15-6-11)8-17-13(9-14)3-2-4-16-10-13/h5-7H,2-4,8-10,14H2,1H3. The molecular weight excluding hydrogens is 216 g/mol. The van der Waals surface area contributed by atoms with E-state index < -0.39 is 0 Å². The molecule has 2 heterocycles. The fraction of sp³-hybridized carbons (Fsp3) is 0.615. The van der Waals surface area contributed by atoms with E-state index in [1.165, 1.54) is 0 Å². The molecule has 1 aromatic heterocycles. The van der Waals surface area contributed by atoms with Gasteiger partial charge in [0.25, 0.3) is 0 Å². The van der Waals surface area contributed by atoms with Gasteiger partial charge < -0.3 is 15.2 Å². The Morgan fingerprint density at radius 2 is 2.41 bits per heavy atom. The van der Waals surface area contributed by atoms with Crippen LogP contribution in [0.25, 0.3) is 0 Å². The van der Waals surface area contributed by atoms with Crippen LogP contribution in [0.1, 0.15) is 24.0 Å². The molecular formula is C13H20N2O2. The summed E-state index contributed by atoms with van der Waals surface area (Å²) in [6.07, 6.45) is 5.67. The van der Waals surface area contributed by atoms with Crippen molar-refractivity contribution in [3.63, 3.8) is 0 Å². The smallest absolute Gasteiger partial charge is 0.104 e. The second-order valence-corrected chi connectivity index (χ2v) is 4.70. The van der Waals surface area contributed by atoms with Crippen molar-refractivity contribution in [3.05, 3.63) is 29.6 Å². The van der Waals surface area contributed by atoms with Gasteiger partial charge in [0.15, 0.2) is 0 Å². The lowest BCUT2D eigenvalue weighted by Crippen LogP contribution is -2.47. The van der Waals surface area contributed by atoms with Crippen LogP contribution in [-0.4, -0.2) is 30.3 Å². The first-order valence-electron chi connectivity index (χ1n) is 6.06. The first kappa shape index (κ1) is 12.5. The molecule has 1 aliphatic rings. The van der Waals surface area contributed by atoms with Gasteiger partial charge >= 0.3 is 0 Å². The predicted octanol–water partition coefficient (Wildman–Crippen LogP) is 1.41. The molecule has 0 aliphatic carbocycles. The number of aromatic nitrogens is 1. The number of pyridine rings is 1. The fourth-order valence-corrected chi connectivity index (χ4v) is 2.09. The number of aryl methyl sites for hydroxylation is 1. The molecule has 1 atom stereocenters. The molecule has 0 bridgehead atoms. The minimum atomic E-state index is -0.304. The number of hydrogen-bond acceptors (Lipinski definition) is 4. The van der Waals surface area contributed by atoms with E-state index in [2.05, 4.69) is 11.1 Å². The van der Waals surface area contributed by atoms with Crippen molar-refractivity contribution in [2.45, 2.75) is 32.0 Å². The normalized spacial score (nSPS) is 24.8. The molecule has 0 saturated carbocycles. The summed E-state index contributed by atoms with van der Waals surface area (Å²) in [4.78, 5) is 4.15. The van der Waals surface area contributed by atoms with Crippen molar-refractivity contribution in [2.75, 3.05) is 19.8 Å². The van der Waals surface area contributed by atoms with Crippen molar-refractivity contribution in [2.24, 2.45) is 5.73 Å². The topological polar surface area (TPSA) is 57.4 Å². The van der Waals surface area contributed by atoms with E-state index in [0.29, 0.717) is 19.8 Å². The molecule has 4 nitrogen and oxygen atoms in total. The predicted molar refractivity (Wildman–Crippen MR) is 65.6 cm³/mol. The zero-order chi connectivity index (χ0) is 12.1. The van der Waals surface area contributed by atoms with E-state index >= 15 is 0 Å². The minimum Gasteiger partial charge on any atom is -0.378 e. The fourth-order valence-electron chi connectivity index (χ4n) is 2.09. The number of nitrogens with zero attached hydrogens (tertiary/aromatic N) is 1. The zero-order valence-corrected chi connectivity index (χ0v) is 10.3. The monoisotopic (exact) mass is 236 g/mol. The van der Waals surface area contributed by atoms with Crippen molar-refractivity contribution in [3.8, 4) is 0 Å². The molecule has 2 rings (SSSR count). The lowest BCUT2D eigenvalue weighted by molar-refractivity contribution is -0.130. The van der Waals surface area contributed by atoms with Gasteiger partial charge in [-0.2, -0.15) is 0 Å². The number of rotatable bonds is 4. The highest BCUT2D eigenvalue weighted by Crippen LogP contribution is 2.23. The molecule has 1 aromatic rings. The first-order chi connectivity index (χ1) is 8.24. The second kappa shape index (κ2) is 5.58. The van der Waals surface area contributed by atoms with Crippen LogP contribution < -0.4 is 5.73 Å². The molecule has 4 heteroatoms. The van der Waals surface area contributed by atoms with Crippen LogP contribution in [0, 0.1) is 6.92 Å². The summed E-state index contributed by atoms with van der Waals surface area (Å²) in [7, 11) is 0. The third-order valence-corrected chi connectivity index (χ3v) is 3.13. The Morgan fingerprint density at radius 1 is 1.53 bits per heavy atom. The highest BCUT2D eigenvalue weighted by atomic mass is 16.5. The van der Waals surface area contributed by atoms with Crippen molar-refractivity contribution < 1.29 is 9.47 Å². The van der Waals surface area contributed by atoms with Gasteiger partial charge in [-0.3, -0.25) is 4.98 Å². The van der Waals surface area contributed by atoms with Crippen LogP contribution in [0.2, 0.25) is 0 Å². The summed E-state index contributed by atoms with van der Waals surface area (Å²) in [5, 5.41) is 0. The van der Waals surface area contributed by atoms with Crippen molar-refractivity contribution >= 4 is 0 Å². The van der Waals surface area contributed by atoms with Crippen LogP contribution in [0.4, 0.5) is 0 Å². The van der Waals surface area contributed by atoms with E-state index in [0.717, 1.165) is 30.6 Å². The molecule has 2 N–H and O–H groups in total. The van der Waals surface area contributed by atoms with E-state index in [4.69, 9.17) is 15.2 Å². The zero-order valence-electron chi connectivity index (χ0n) is 10.3. The highest BCUT2D eigenvalue weighted by Gasteiger charge is 2.32. The quantitative estimate of drug-likeness (QED) is 0.859. The number of hydrogen-bond donors (Lipinski definition) is 1. The van der Waals surface area contributed by atoms with Crippen LogP contribution in [0.5, 0.6) is 0 Å². The third kappa shape index (κ3) is 3.25. The van der Waals surface area contributed by atoms with E-state index in [1.807, 2.05) is 19.3 Å². The molecule has 0 amide bonds. The molecule has 1 fully saturated rings. The SMILES string of the molecule is Cc1cncc(COC2(CN)CCCOC2)c1. The Kier molecular flexibility index (Phi) is 4.10. The van der Waals surface area contributed by atoms with Crippen LogP contribution >= 0.6 is 0 Å². The van der Waals surface area contributed by atoms with Gasteiger partial charge in [-0.05, 0) is 30.9 Å². The maximum absolute atomic E-state index is 5.97. The van der Waals surface area contributed by atoms with Gasteiger partial charge in [0, 0.05) is 25.5 Å². The lowest BCUT2D eigenvalue weighted by Gasteiger charge is -2.35. The van der Waals surface area contributed by atoms with Gasteiger partial charge in [-0.1, -0.05) is 6.07 Å². The van der Waals surface area contributed by atoms with Gasteiger partial charge in [0.1, 0.15) is 5.60 Å². The summed E-state index contributed by atoms with van der Waals surface area (Å²) in [6, 6.07) is 2.08. The maximum Gasteiger partial charge on any atom is 0.104 e. The Hall–Kier alpha value is -0.970. The molecule has 0 radical (unpaired) electrons. The van der Waals surface area contributed by atoms with E-state index in [-0.39, 0.29) is 5.60 Å². The first-order valence-corrected chi connectivity index (χ1v) is 6.06. The summed E-state index contributed by atoms with van der Waals surface area (Å²) in [6.45, 7) is 4.50. The largest absolute Gasteiger partial charge is 0.378 e. The molecule has 1 aliphatic heterocycles. The van der Waals surface area contributed by atoms with Gasteiger partial charge in [0.2, 0.25) is 0 Å². The van der Waals surface area contributed by atoms with Crippen LogP contribution in [0.15, 0.2) is 18.5 Å². The molecule has 0 aromatic carbocycles. The highest BCUT2D eigenvalue weighted by molar-refractivity contribution is 5.15. The average molecular weight is 236 g/mol. The van der Waals surface area contributed by atoms with Crippen LogP contribution in [0.3, 0.4) is 0 Å². The average Bonchev–Trinajstić information content (AvgIpc) is 2.38. The summed E-state index contributed by atoms with van der Waals surface area (Å²) < 4.78 is 11.4. The molecule has 0 spiro atoms. The van der Waals surface area contributed by atoms with E-state index in [1.54, 1.807) is 0 Å². The van der Waals surface area contributed by atoms with Gasteiger partial charge in [-0.25, -0.2) is 0 Å².